The summed E-state index contributed by atoms with van der Waals surface area (Å²) in [5, 5.41) is 16.2. The molecular weight excluding hydrogens is 376 g/mol. The predicted octanol–water partition coefficient (Wildman–Crippen LogP) is 5.09. The standard InChI is InChI=1S/C24H26N4O2/c1-17-5-9-21(10-6-17)30-22-11-7-20(8-12-22)26-24(29)14-13-23-18(2)27-28(19(23)3)16-4-15-25/h5-12H,4,13-14,16H2,1-3H3,(H,26,29). The highest BCUT2D eigenvalue weighted by Crippen LogP contribution is 2.23. The Bertz CT molecular complexity index is 1040. The number of ether oxygens (including phenoxy) is 1. The number of rotatable bonds is 8. The van der Waals surface area contributed by atoms with E-state index in [0.717, 1.165) is 28.4 Å². The third-order valence-electron chi connectivity index (χ3n) is 4.96. The van der Waals surface area contributed by atoms with Crippen molar-refractivity contribution in [1.82, 2.24) is 9.78 Å². The summed E-state index contributed by atoms with van der Waals surface area (Å²) in [5.74, 6) is 1.44. The summed E-state index contributed by atoms with van der Waals surface area (Å²) < 4.78 is 7.66. The van der Waals surface area contributed by atoms with E-state index in [1.165, 1.54) is 5.56 Å². The zero-order valence-corrected chi connectivity index (χ0v) is 17.6. The van der Waals surface area contributed by atoms with E-state index in [4.69, 9.17) is 10.00 Å². The van der Waals surface area contributed by atoms with Crippen LogP contribution < -0.4 is 10.1 Å². The van der Waals surface area contributed by atoms with Gasteiger partial charge in [-0.3, -0.25) is 9.48 Å². The summed E-state index contributed by atoms with van der Waals surface area (Å²) in [6.45, 7) is 6.53. The molecule has 0 spiro atoms. The molecule has 6 nitrogen and oxygen atoms in total. The Morgan fingerprint density at radius 3 is 2.33 bits per heavy atom. The quantitative estimate of drug-likeness (QED) is 0.569. The van der Waals surface area contributed by atoms with Crippen molar-refractivity contribution in [3.8, 4) is 17.6 Å². The van der Waals surface area contributed by atoms with Crippen LogP contribution in [0.4, 0.5) is 5.69 Å². The first-order valence-corrected chi connectivity index (χ1v) is 10.0. The molecule has 0 atom stereocenters. The Hall–Kier alpha value is -3.59. The Morgan fingerprint density at radius 1 is 1.07 bits per heavy atom. The monoisotopic (exact) mass is 402 g/mol. The second-order valence-corrected chi connectivity index (χ2v) is 7.27. The van der Waals surface area contributed by atoms with E-state index in [9.17, 15) is 4.79 Å². The van der Waals surface area contributed by atoms with Gasteiger partial charge in [-0.2, -0.15) is 10.4 Å². The van der Waals surface area contributed by atoms with Crippen LogP contribution in [0.2, 0.25) is 0 Å². The van der Waals surface area contributed by atoms with Crippen LogP contribution in [0, 0.1) is 32.1 Å². The predicted molar refractivity (Wildman–Crippen MR) is 117 cm³/mol. The van der Waals surface area contributed by atoms with Gasteiger partial charge < -0.3 is 10.1 Å². The highest BCUT2D eigenvalue weighted by Gasteiger charge is 2.13. The maximum absolute atomic E-state index is 12.4. The molecule has 1 amide bonds. The summed E-state index contributed by atoms with van der Waals surface area (Å²) in [7, 11) is 0. The average Bonchev–Trinajstić information content (AvgIpc) is 3.00. The fourth-order valence-electron chi connectivity index (χ4n) is 3.28. The van der Waals surface area contributed by atoms with Crippen molar-refractivity contribution in [3.63, 3.8) is 0 Å². The van der Waals surface area contributed by atoms with Crippen molar-refractivity contribution in [2.45, 2.75) is 46.6 Å². The lowest BCUT2D eigenvalue weighted by atomic mass is 10.1. The molecule has 154 valence electrons. The Balaban J connectivity index is 1.53. The highest BCUT2D eigenvalue weighted by molar-refractivity contribution is 5.90. The number of nitrogens with one attached hydrogen (secondary N) is 1. The molecule has 0 aliphatic heterocycles. The minimum atomic E-state index is -0.0502. The van der Waals surface area contributed by atoms with Crippen molar-refractivity contribution in [1.29, 1.82) is 5.26 Å². The van der Waals surface area contributed by atoms with Gasteiger partial charge >= 0.3 is 0 Å². The molecule has 1 aromatic heterocycles. The van der Waals surface area contributed by atoms with Gasteiger partial charge in [-0.15, -0.1) is 0 Å². The van der Waals surface area contributed by atoms with Crippen LogP contribution in [0.1, 0.15) is 35.4 Å². The molecule has 3 rings (SSSR count). The molecule has 0 bridgehead atoms. The summed E-state index contributed by atoms with van der Waals surface area (Å²) in [6, 6.07) is 17.3. The van der Waals surface area contributed by atoms with E-state index >= 15 is 0 Å². The zero-order chi connectivity index (χ0) is 21.5. The van der Waals surface area contributed by atoms with Crippen LogP contribution in [0.25, 0.3) is 0 Å². The molecule has 1 heterocycles. The smallest absolute Gasteiger partial charge is 0.224 e. The molecule has 6 heteroatoms. The third-order valence-corrected chi connectivity index (χ3v) is 4.96. The summed E-state index contributed by atoms with van der Waals surface area (Å²) in [6.07, 6.45) is 1.41. The summed E-state index contributed by atoms with van der Waals surface area (Å²) in [4.78, 5) is 12.4. The van der Waals surface area contributed by atoms with Gasteiger partial charge in [-0.1, -0.05) is 17.7 Å². The molecule has 0 unspecified atom stereocenters. The van der Waals surface area contributed by atoms with Gasteiger partial charge in [0.2, 0.25) is 5.91 Å². The topological polar surface area (TPSA) is 79.9 Å². The number of nitrogens with zero attached hydrogens (tertiary/aromatic N) is 3. The minimum Gasteiger partial charge on any atom is -0.457 e. The normalized spacial score (nSPS) is 10.5. The Kier molecular flexibility index (Phi) is 6.87. The number of hydrogen-bond acceptors (Lipinski definition) is 4. The fourth-order valence-corrected chi connectivity index (χ4v) is 3.28. The lowest BCUT2D eigenvalue weighted by Gasteiger charge is -2.09. The summed E-state index contributed by atoms with van der Waals surface area (Å²) >= 11 is 0. The van der Waals surface area contributed by atoms with E-state index in [2.05, 4.69) is 16.5 Å². The van der Waals surface area contributed by atoms with Crippen molar-refractivity contribution in [2.75, 3.05) is 5.32 Å². The molecule has 3 aromatic rings. The highest BCUT2D eigenvalue weighted by atomic mass is 16.5. The molecule has 2 aromatic carbocycles. The van der Waals surface area contributed by atoms with Gasteiger partial charge in [0.15, 0.2) is 0 Å². The van der Waals surface area contributed by atoms with Crippen LogP contribution in [-0.4, -0.2) is 15.7 Å². The molecule has 0 fully saturated rings. The first-order chi connectivity index (χ1) is 14.5. The van der Waals surface area contributed by atoms with E-state index in [-0.39, 0.29) is 5.91 Å². The lowest BCUT2D eigenvalue weighted by Crippen LogP contribution is -2.12. The van der Waals surface area contributed by atoms with Crippen molar-refractivity contribution in [2.24, 2.45) is 0 Å². The van der Waals surface area contributed by atoms with E-state index in [0.29, 0.717) is 31.6 Å². The van der Waals surface area contributed by atoms with Gasteiger partial charge in [0.1, 0.15) is 11.5 Å². The molecule has 1 N–H and O–H groups in total. The maximum Gasteiger partial charge on any atom is 0.224 e. The number of aromatic nitrogens is 2. The Labute approximate surface area is 177 Å². The zero-order valence-electron chi connectivity index (χ0n) is 17.6. The molecule has 0 saturated carbocycles. The number of amides is 1. The molecular formula is C24H26N4O2. The number of aryl methyl sites for hydroxylation is 3. The number of benzene rings is 2. The number of nitriles is 1. The number of carbonyl (C=O) groups is 1. The van der Waals surface area contributed by atoms with Crippen LogP contribution >= 0.6 is 0 Å². The molecule has 30 heavy (non-hydrogen) atoms. The first kappa shape index (κ1) is 21.1. The minimum absolute atomic E-state index is 0.0502. The maximum atomic E-state index is 12.4. The van der Waals surface area contributed by atoms with Gasteiger partial charge in [0.25, 0.3) is 0 Å². The largest absolute Gasteiger partial charge is 0.457 e. The Morgan fingerprint density at radius 2 is 1.70 bits per heavy atom. The number of hydrogen-bond donors (Lipinski definition) is 1. The lowest BCUT2D eigenvalue weighted by molar-refractivity contribution is -0.116. The van der Waals surface area contributed by atoms with Gasteiger partial charge in [-0.05, 0) is 69.2 Å². The molecule has 0 aliphatic carbocycles. The SMILES string of the molecule is Cc1ccc(Oc2ccc(NC(=O)CCc3c(C)nn(CCC#N)c3C)cc2)cc1. The number of carbonyl (C=O) groups excluding carboxylic acids is 1. The average molecular weight is 402 g/mol. The molecule has 0 saturated heterocycles. The molecule has 0 aliphatic rings. The van der Waals surface area contributed by atoms with E-state index in [1.807, 2.05) is 74.0 Å². The van der Waals surface area contributed by atoms with Gasteiger partial charge in [-0.25, -0.2) is 0 Å². The van der Waals surface area contributed by atoms with Crippen LogP contribution in [0.3, 0.4) is 0 Å². The van der Waals surface area contributed by atoms with Crippen molar-refractivity contribution in [3.05, 3.63) is 71.0 Å². The molecule has 0 radical (unpaired) electrons. The van der Waals surface area contributed by atoms with Gasteiger partial charge in [0, 0.05) is 17.8 Å². The van der Waals surface area contributed by atoms with Crippen molar-refractivity contribution >= 4 is 11.6 Å². The first-order valence-electron chi connectivity index (χ1n) is 10.0. The van der Waals surface area contributed by atoms with Crippen LogP contribution in [0.5, 0.6) is 11.5 Å². The van der Waals surface area contributed by atoms with Crippen molar-refractivity contribution < 1.29 is 9.53 Å². The van der Waals surface area contributed by atoms with Crippen LogP contribution in [-0.2, 0) is 17.8 Å². The van der Waals surface area contributed by atoms with E-state index < -0.39 is 0 Å². The summed E-state index contributed by atoms with van der Waals surface area (Å²) in [5.41, 5.74) is 4.92. The van der Waals surface area contributed by atoms with Gasteiger partial charge in [0.05, 0.1) is 24.7 Å². The second-order valence-electron chi connectivity index (χ2n) is 7.27. The second kappa shape index (κ2) is 9.75. The third kappa shape index (κ3) is 5.48. The van der Waals surface area contributed by atoms with E-state index in [1.54, 1.807) is 0 Å². The van der Waals surface area contributed by atoms with Crippen LogP contribution in [0.15, 0.2) is 48.5 Å². The fraction of sp³-hybridized carbons (Fsp3) is 0.292. The number of anilines is 1.